The van der Waals surface area contributed by atoms with Gasteiger partial charge in [-0.05, 0) is 32.2 Å². The van der Waals surface area contributed by atoms with Crippen LogP contribution in [-0.4, -0.2) is 28.6 Å². The highest BCUT2D eigenvalue weighted by atomic mass is 32.2. The molecule has 6 nitrogen and oxygen atoms in total. The molecule has 1 rings (SSSR count). The van der Waals surface area contributed by atoms with Crippen molar-refractivity contribution < 1.29 is 8.42 Å². The number of nitrogen functional groups attached to an aromatic ring is 1. The first-order valence-electron chi connectivity index (χ1n) is 5.76. The number of benzene rings is 1. The maximum absolute atomic E-state index is 11.8. The van der Waals surface area contributed by atoms with Crippen LogP contribution in [0.3, 0.4) is 0 Å². The fourth-order valence-electron chi connectivity index (χ4n) is 1.62. The Balaban J connectivity index is 3.22. The van der Waals surface area contributed by atoms with E-state index in [9.17, 15) is 8.42 Å². The Bertz CT molecular complexity index is 592. The van der Waals surface area contributed by atoms with Gasteiger partial charge in [0, 0.05) is 13.1 Å². The van der Waals surface area contributed by atoms with E-state index in [1.807, 2.05) is 6.92 Å². The van der Waals surface area contributed by atoms with Crippen molar-refractivity contribution >= 4 is 21.4 Å². The van der Waals surface area contributed by atoms with Crippen LogP contribution in [0.4, 0.5) is 11.4 Å². The molecule has 1 aromatic rings. The Morgan fingerprint density at radius 2 is 2.16 bits per heavy atom. The normalized spacial score (nSPS) is 12.7. The fourth-order valence-corrected chi connectivity index (χ4v) is 2.37. The number of hydrogen-bond donors (Lipinski definition) is 2. The molecule has 0 aliphatic rings. The second kappa shape index (κ2) is 5.91. The van der Waals surface area contributed by atoms with Gasteiger partial charge >= 0.3 is 0 Å². The van der Waals surface area contributed by atoms with E-state index in [1.54, 1.807) is 18.0 Å². The van der Waals surface area contributed by atoms with Gasteiger partial charge in [-0.15, -0.1) is 0 Å². The third-order valence-corrected chi connectivity index (χ3v) is 4.42. The van der Waals surface area contributed by atoms with E-state index < -0.39 is 10.0 Å². The number of anilines is 2. The molecule has 0 spiro atoms. The van der Waals surface area contributed by atoms with Gasteiger partial charge in [0.15, 0.2) is 0 Å². The van der Waals surface area contributed by atoms with E-state index >= 15 is 0 Å². The Morgan fingerprint density at radius 1 is 1.53 bits per heavy atom. The molecule has 19 heavy (non-hydrogen) atoms. The van der Waals surface area contributed by atoms with E-state index in [-0.39, 0.29) is 10.9 Å². The smallest absolute Gasteiger partial charge is 0.240 e. The minimum Gasteiger partial charge on any atom is -0.397 e. The second-order valence-electron chi connectivity index (χ2n) is 4.25. The summed E-state index contributed by atoms with van der Waals surface area (Å²) in [4.78, 5) is 1.95. The largest absolute Gasteiger partial charge is 0.397 e. The van der Waals surface area contributed by atoms with Crippen molar-refractivity contribution in [1.82, 2.24) is 4.72 Å². The molecule has 0 aliphatic heterocycles. The molecule has 0 radical (unpaired) electrons. The summed E-state index contributed by atoms with van der Waals surface area (Å²) in [6.07, 6.45) is 0.332. The minimum atomic E-state index is -3.51. The maximum atomic E-state index is 11.8. The van der Waals surface area contributed by atoms with Crippen LogP contribution in [0.15, 0.2) is 23.1 Å². The number of nitriles is 1. The predicted molar refractivity (Wildman–Crippen MR) is 75.2 cm³/mol. The molecule has 7 heteroatoms. The van der Waals surface area contributed by atoms with Crippen molar-refractivity contribution in [3.05, 3.63) is 18.2 Å². The van der Waals surface area contributed by atoms with Gasteiger partial charge in [0.05, 0.1) is 28.8 Å². The molecule has 0 aromatic heterocycles. The number of nitrogens with two attached hydrogens (primary N) is 1. The Labute approximate surface area is 113 Å². The van der Waals surface area contributed by atoms with E-state index in [4.69, 9.17) is 11.0 Å². The van der Waals surface area contributed by atoms with Crippen LogP contribution in [0.25, 0.3) is 0 Å². The zero-order chi connectivity index (χ0) is 14.6. The Hall–Kier alpha value is -1.78. The van der Waals surface area contributed by atoms with E-state index in [2.05, 4.69) is 10.8 Å². The van der Waals surface area contributed by atoms with Crippen molar-refractivity contribution in [2.45, 2.75) is 24.3 Å². The average Bonchev–Trinajstić information content (AvgIpc) is 2.38. The van der Waals surface area contributed by atoms with Crippen LogP contribution in [0.2, 0.25) is 0 Å². The van der Waals surface area contributed by atoms with Crippen molar-refractivity contribution in [3.63, 3.8) is 0 Å². The van der Waals surface area contributed by atoms with Crippen LogP contribution in [0.1, 0.15) is 13.3 Å². The SMILES string of the molecule is CNS(=O)(=O)c1ccc(N)c(N(C)C(C)CC#N)c1. The van der Waals surface area contributed by atoms with Gasteiger partial charge in [0.25, 0.3) is 0 Å². The first-order chi connectivity index (χ1) is 8.83. The summed E-state index contributed by atoms with van der Waals surface area (Å²) in [5.74, 6) is 0. The van der Waals surface area contributed by atoms with Crippen molar-refractivity contribution in [1.29, 1.82) is 5.26 Å². The quantitative estimate of drug-likeness (QED) is 0.782. The maximum Gasteiger partial charge on any atom is 0.240 e. The lowest BCUT2D eigenvalue weighted by Gasteiger charge is -2.27. The predicted octanol–water partition coefficient (Wildman–Crippen LogP) is 0.915. The molecule has 1 atom stereocenters. The molecule has 0 heterocycles. The monoisotopic (exact) mass is 282 g/mol. The summed E-state index contributed by atoms with van der Waals surface area (Å²) in [6, 6.07) is 6.54. The highest BCUT2D eigenvalue weighted by Gasteiger charge is 2.17. The van der Waals surface area contributed by atoms with Gasteiger partial charge in [0.2, 0.25) is 10.0 Å². The molecule has 1 unspecified atom stereocenters. The van der Waals surface area contributed by atoms with Crippen LogP contribution in [-0.2, 0) is 10.0 Å². The molecule has 1 aromatic carbocycles. The van der Waals surface area contributed by atoms with E-state index in [0.29, 0.717) is 17.8 Å². The lowest BCUT2D eigenvalue weighted by atomic mass is 10.2. The van der Waals surface area contributed by atoms with Crippen LogP contribution in [0, 0.1) is 11.3 Å². The third kappa shape index (κ3) is 3.36. The first-order valence-corrected chi connectivity index (χ1v) is 7.24. The first kappa shape index (κ1) is 15.3. The Morgan fingerprint density at radius 3 is 2.68 bits per heavy atom. The summed E-state index contributed by atoms with van der Waals surface area (Å²) < 4.78 is 25.8. The third-order valence-electron chi connectivity index (χ3n) is 3.01. The minimum absolute atomic E-state index is 0.0557. The van der Waals surface area contributed by atoms with Crippen LogP contribution >= 0.6 is 0 Å². The highest BCUT2D eigenvalue weighted by molar-refractivity contribution is 7.89. The van der Waals surface area contributed by atoms with Gasteiger partial charge < -0.3 is 10.6 Å². The molecule has 0 amide bonds. The topological polar surface area (TPSA) is 99.2 Å². The molecule has 0 saturated heterocycles. The average molecular weight is 282 g/mol. The number of rotatable bonds is 5. The lowest BCUT2D eigenvalue weighted by Crippen LogP contribution is -2.29. The van der Waals surface area contributed by atoms with Crippen molar-refractivity contribution in [3.8, 4) is 6.07 Å². The molecule has 0 bridgehead atoms. The van der Waals surface area contributed by atoms with Gasteiger partial charge in [-0.25, -0.2) is 13.1 Å². The molecule has 3 N–H and O–H groups in total. The summed E-state index contributed by atoms with van der Waals surface area (Å²) >= 11 is 0. The number of nitrogens with zero attached hydrogens (tertiary/aromatic N) is 2. The second-order valence-corrected chi connectivity index (χ2v) is 6.14. The molecule has 0 saturated carbocycles. The standard InChI is InChI=1S/C12H18N4O2S/c1-9(6-7-13)16(3)12-8-10(4-5-11(12)14)19(17,18)15-2/h4-5,8-9,15H,6,14H2,1-3H3. The number of hydrogen-bond acceptors (Lipinski definition) is 5. The molecular weight excluding hydrogens is 264 g/mol. The molecule has 104 valence electrons. The molecule has 0 fully saturated rings. The molecular formula is C12H18N4O2S. The fraction of sp³-hybridized carbons (Fsp3) is 0.417. The molecule has 0 aliphatic carbocycles. The lowest BCUT2D eigenvalue weighted by molar-refractivity contribution is 0.588. The van der Waals surface area contributed by atoms with Gasteiger partial charge in [-0.1, -0.05) is 0 Å². The van der Waals surface area contributed by atoms with Crippen molar-refractivity contribution in [2.24, 2.45) is 0 Å². The van der Waals surface area contributed by atoms with E-state index in [0.717, 1.165) is 0 Å². The highest BCUT2D eigenvalue weighted by Crippen LogP contribution is 2.27. The van der Waals surface area contributed by atoms with Crippen molar-refractivity contribution in [2.75, 3.05) is 24.7 Å². The van der Waals surface area contributed by atoms with Gasteiger partial charge in [-0.2, -0.15) is 5.26 Å². The number of sulfonamides is 1. The van der Waals surface area contributed by atoms with Crippen LogP contribution in [0.5, 0.6) is 0 Å². The summed E-state index contributed by atoms with van der Waals surface area (Å²) in [6.45, 7) is 1.88. The Kier molecular flexibility index (Phi) is 4.75. The summed E-state index contributed by atoms with van der Waals surface area (Å²) in [5, 5.41) is 8.71. The van der Waals surface area contributed by atoms with Gasteiger partial charge in [-0.3, -0.25) is 0 Å². The summed E-state index contributed by atoms with van der Waals surface area (Å²) in [5.41, 5.74) is 6.94. The number of nitrogens with one attached hydrogen (secondary N) is 1. The summed E-state index contributed by atoms with van der Waals surface area (Å²) in [7, 11) is -0.370. The van der Waals surface area contributed by atoms with Gasteiger partial charge in [0.1, 0.15) is 0 Å². The van der Waals surface area contributed by atoms with E-state index in [1.165, 1.54) is 19.2 Å². The zero-order valence-corrected chi connectivity index (χ0v) is 12.0. The zero-order valence-electron chi connectivity index (χ0n) is 11.2. The van der Waals surface area contributed by atoms with Crippen LogP contribution < -0.4 is 15.4 Å².